The maximum Gasteiger partial charge on any atom is 0.0646 e. The minimum Gasteiger partial charge on any atom is -0.283 e. The predicted molar refractivity (Wildman–Crippen MR) is 137 cm³/mol. The third-order valence-electron chi connectivity index (χ3n) is 4.49. The van der Waals surface area contributed by atoms with Crippen molar-refractivity contribution >= 4 is 68.5 Å². The van der Waals surface area contributed by atoms with E-state index in [-0.39, 0.29) is 0 Å². The quantitative estimate of drug-likeness (QED) is 0.171. The van der Waals surface area contributed by atoms with Crippen molar-refractivity contribution in [3.05, 3.63) is 109 Å². The van der Waals surface area contributed by atoms with Crippen LogP contribution in [0.2, 0.25) is 0 Å². The van der Waals surface area contributed by atoms with Crippen LogP contribution in [0, 0.1) is 0 Å². The topological polar surface area (TPSA) is 6.48 Å². The molecule has 0 spiro atoms. The molecule has 0 amide bonds. The van der Waals surface area contributed by atoms with Crippen molar-refractivity contribution in [3.63, 3.8) is 0 Å². The average molecular weight is 588 g/mol. The van der Waals surface area contributed by atoms with Crippen molar-refractivity contribution < 1.29 is 0 Å². The number of halogens is 2. The number of anilines is 4. The van der Waals surface area contributed by atoms with Gasteiger partial charge in [0.05, 0.1) is 68.5 Å². The van der Waals surface area contributed by atoms with Crippen molar-refractivity contribution in [2.45, 2.75) is 0 Å². The predicted octanol–water partition coefficient (Wildman–Crippen LogP) is 8.33. The summed E-state index contributed by atoms with van der Waals surface area (Å²) in [7, 11) is 0. The molecule has 0 atom stereocenters. The maximum absolute atomic E-state index is 2.34. The van der Waals surface area contributed by atoms with E-state index in [1.807, 2.05) is 12.1 Å². The first-order chi connectivity index (χ1) is 13.7. The second-order valence-electron chi connectivity index (χ2n) is 6.33. The van der Waals surface area contributed by atoms with Gasteiger partial charge in [-0.2, -0.15) is 0 Å². The molecule has 138 valence electrons. The summed E-state index contributed by atoms with van der Waals surface area (Å²) in [6, 6.07) is 38.1. The van der Waals surface area contributed by atoms with Gasteiger partial charge in [0.15, 0.2) is 0 Å². The van der Waals surface area contributed by atoms with Crippen LogP contribution in [-0.4, -0.2) is 0 Å². The number of para-hydroxylation sites is 2. The molecule has 0 unspecified atom stereocenters. The molecule has 0 N–H and O–H groups in total. The second-order valence-corrected chi connectivity index (χ2v) is 8.26. The van der Waals surface area contributed by atoms with E-state index in [0.29, 0.717) is 0 Å². The molecule has 0 aliphatic rings. The van der Waals surface area contributed by atoms with E-state index in [1.165, 1.54) is 22.5 Å². The molecule has 0 fully saturated rings. The lowest BCUT2D eigenvalue weighted by atomic mass is 10.0. The molecule has 0 bridgehead atoms. The van der Waals surface area contributed by atoms with Gasteiger partial charge < -0.3 is 0 Å². The summed E-state index contributed by atoms with van der Waals surface area (Å²) < 4.78 is 4.33. The molecule has 4 heteroatoms. The van der Waals surface area contributed by atoms with Crippen LogP contribution in [0.5, 0.6) is 0 Å². The van der Waals surface area contributed by atoms with Gasteiger partial charge in [-0.25, -0.2) is 0 Å². The van der Waals surface area contributed by atoms with E-state index in [1.54, 1.807) is 0 Å². The summed E-state index contributed by atoms with van der Waals surface area (Å²) in [4.78, 5) is 0. The van der Waals surface area contributed by atoms with E-state index in [2.05, 4.69) is 149 Å². The fourth-order valence-electron chi connectivity index (χ4n) is 2.99. The number of nitrogens with zero attached hydrogens (tertiary/aromatic N) is 2. The molecule has 0 radical (unpaired) electrons. The third-order valence-corrected chi connectivity index (χ3v) is 6.72. The molecule has 0 aromatic heterocycles. The van der Waals surface area contributed by atoms with Gasteiger partial charge in [-0.1, -0.05) is 60.7 Å². The highest BCUT2D eigenvalue weighted by atomic mass is 127. The second kappa shape index (κ2) is 8.96. The van der Waals surface area contributed by atoms with Crippen molar-refractivity contribution in [2.75, 3.05) is 6.23 Å². The summed E-state index contributed by atoms with van der Waals surface area (Å²) in [6.45, 7) is 0. The largest absolute Gasteiger partial charge is 0.283 e. The minimum atomic E-state index is 1.16. The van der Waals surface area contributed by atoms with Crippen molar-refractivity contribution in [3.8, 4) is 11.1 Å². The molecule has 0 aliphatic heterocycles. The van der Waals surface area contributed by atoms with Gasteiger partial charge in [-0.3, -0.25) is 6.23 Å². The van der Waals surface area contributed by atoms with Gasteiger partial charge in [-0.15, -0.1) is 0 Å². The van der Waals surface area contributed by atoms with E-state index < -0.39 is 0 Å². The Balaban J connectivity index is 1.52. The SMILES string of the molecule is IN(c1ccccc1)c1ccc(-c2ccc(N(I)c3ccccc3)cc2)cc1. The van der Waals surface area contributed by atoms with Crippen LogP contribution in [0.15, 0.2) is 109 Å². The van der Waals surface area contributed by atoms with Crippen LogP contribution in [-0.2, 0) is 0 Å². The molecular formula is C24H18I2N2. The average Bonchev–Trinajstić information content (AvgIpc) is 2.79. The smallest absolute Gasteiger partial charge is 0.0646 e. The molecule has 2 nitrogen and oxygen atoms in total. The first-order valence-electron chi connectivity index (χ1n) is 8.95. The Bertz CT molecular complexity index is 931. The summed E-state index contributed by atoms with van der Waals surface area (Å²) in [5.41, 5.74) is 7.09. The van der Waals surface area contributed by atoms with E-state index in [9.17, 15) is 0 Å². The van der Waals surface area contributed by atoms with Gasteiger partial charge in [0.25, 0.3) is 0 Å². The van der Waals surface area contributed by atoms with Gasteiger partial charge in [0.1, 0.15) is 0 Å². The molecule has 4 aromatic rings. The van der Waals surface area contributed by atoms with Crippen molar-refractivity contribution in [1.29, 1.82) is 0 Å². The zero-order valence-electron chi connectivity index (χ0n) is 15.0. The highest BCUT2D eigenvalue weighted by Gasteiger charge is 2.08. The van der Waals surface area contributed by atoms with E-state index in [0.717, 1.165) is 11.4 Å². The molecule has 0 saturated heterocycles. The van der Waals surface area contributed by atoms with Crippen LogP contribution in [0.1, 0.15) is 0 Å². The molecule has 0 saturated carbocycles. The lowest BCUT2D eigenvalue weighted by molar-refractivity contribution is 1.46. The van der Waals surface area contributed by atoms with Gasteiger partial charge in [0, 0.05) is 0 Å². The Morgan fingerprint density at radius 1 is 0.357 bits per heavy atom. The minimum absolute atomic E-state index is 1.16. The zero-order chi connectivity index (χ0) is 19.3. The van der Waals surface area contributed by atoms with Crippen LogP contribution in [0.3, 0.4) is 0 Å². The van der Waals surface area contributed by atoms with Crippen LogP contribution in [0.4, 0.5) is 22.7 Å². The van der Waals surface area contributed by atoms with E-state index >= 15 is 0 Å². The third kappa shape index (κ3) is 4.33. The zero-order valence-corrected chi connectivity index (χ0v) is 19.4. The Hall–Kier alpha value is -2.06. The summed E-state index contributed by atoms with van der Waals surface area (Å²) in [6.07, 6.45) is 0. The van der Waals surface area contributed by atoms with Crippen molar-refractivity contribution in [2.24, 2.45) is 0 Å². The van der Waals surface area contributed by atoms with Gasteiger partial charge in [0.2, 0.25) is 0 Å². The fraction of sp³-hybridized carbons (Fsp3) is 0. The summed E-state index contributed by atoms with van der Waals surface area (Å²) in [5, 5.41) is 0. The number of rotatable bonds is 5. The van der Waals surface area contributed by atoms with Gasteiger partial charge >= 0.3 is 0 Å². The molecular weight excluding hydrogens is 570 g/mol. The Morgan fingerprint density at radius 2 is 0.643 bits per heavy atom. The first-order valence-corrected chi connectivity index (χ1v) is 10.9. The van der Waals surface area contributed by atoms with Crippen LogP contribution < -0.4 is 6.23 Å². The molecule has 0 aliphatic carbocycles. The molecule has 4 rings (SSSR count). The summed E-state index contributed by atoms with van der Waals surface area (Å²) >= 11 is 4.69. The Kier molecular flexibility index (Phi) is 6.17. The molecule has 4 aromatic carbocycles. The van der Waals surface area contributed by atoms with Gasteiger partial charge in [-0.05, 0) is 59.7 Å². The Morgan fingerprint density at radius 3 is 0.964 bits per heavy atom. The van der Waals surface area contributed by atoms with Crippen LogP contribution in [0.25, 0.3) is 11.1 Å². The lowest BCUT2D eigenvalue weighted by Gasteiger charge is -2.18. The molecule has 28 heavy (non-hydrogen) atoms. The normalized spacial score (nSPS) is 10.5. The number of benzene rings is 4. The number of hydrogen-bond donors (Lipinski definition) is 0. The summed E-state index contributed by atoms with van der Waals surface area (Å²) in [5.74, 6) is 0. The monoisotopic (exact) mass is 588 g/mol. The first kappa shape index (κ1) is 19.3. The van der Waals surface area contributed by atoms with E-state index in [4.69, 9.17) is 0 Å². The number of hydrogen-bond acceptors (Lipinski definition) is 2. The standard InChI is InChI=1S/C24H18I2N2/c25-27(21-7-3-1-4-8-21)23-15-11-19(12-16-23)20-13-17-24(18-14-20)28(26)22-9-5-2-6-10-22/h1-18H. The highest BCUT2D eigenvalue weighted by molar-refractivity contribution is 14.1. The Labute approximate surface area is 193 Å². The fourth-order valence-corrected chi connectivity index (χ4v) is 4.27. The maximum atomic E-state index is 2.34. The van der Waals surface area contributed by atoms with Crippen LogP contribution >= 0.6 is 45.7 Å². The highest BCUT2D eigenvalue weighted by Crippen LogP contribution is 2.33. The molecule has 0 heterocycles. The van der Waals surface area contributed by atoms with Crippen molar-refractivity contribution in [1.82, 2.24) is 0 Å². The lowest BCUT2D eigenvalue weighted by Crippen LogP contribution is -2.00.